The van der Waals surface area contributed by atoms with E-state index in [1.54, 1.807) is 5.57 Å². The molecule has 5 aliphatic carbocycles. The summed E-state index contributed by atoms with van der Waals surface area (Å²) in [5, 5.41) is 11.0. The Labute approximate surface area is 243 Å². The molecule has 0 heterocycles. The van der Waals surface area contributed by atoms with E-state index in [2.05, 4.69) is 66.7 Å². The van der Waals surface area contributed by atoms with Crippen LogP contribution in [0.25, 0.3) is 0 Å². The van der Waals surface area contributed by atoms with Gasteiger partial charge >= 0.3 is 5.97 Å². The van der Waals surface area contributed by atoms with Crippen LogP contribution in [0.1, 0.15) is 112 Å². The number of carbonyl (C=O) groups excluding carboxylic acids is 1. The van der Waals surface area contributed by atoms with Gasteiger partial charge in [0.25, 0.3) is 0 Å². The van der Waals surface area contributed by atoms with Gasteiger partial charge in [0.1, 0.15) is 6.61 Å². The molecule has 40 heavy (non-hydrogen) atoms. The molecule has 220 valence electrons. The van der Waals surface area contributed by atoms with Crippen molar-refractivity contribution in [2.24, 2.45) is 56.7 Å². The summed E-state index contributed by atoms with van der Waals surface area (Å²) in [7, 11) is 0. The minimum Gasteiger partial charge on any atom is -0.460 e. The number of rotatable bonds is 3. The normalized spacial score (nSPS) is 47.5. The lowest BCUT2D eigenvalue weighted by molar-refractivity contribution is -0.207. The van der Waals surface area contributed by atoms with Crippen LogP contribution in [0.5, 0.6) is 0 Å². The summed E-state index contributed by atoms with van der Waals surface area (Å²) >= 11 is 0. The molecule has 0 amide bonds. The van der Waals surface area contributed by atoms with Crippen molar-refractivity contribution in [1.29, 1.82) is 0 Å². The Morgan fingerprint density at radius 2 is 1.62 bits per heavy atom. The molecule has 0 radical (unpaired) electrons. The van der Waals surface area contributed by atoms with E-state index < -0.39 is 5.41 Å². The molecular weight excluding hydrogens is 492 g/mol. The fourth-order valence-corrected chi connectivity index (χ4v) is 11.7. The van der Waals surface area contributed by atoms with Crippen LogP contribution in [-0.4, -0.2) is 17.2 Å². The van der Waals surface area contributed by atoms with Crippen LogP contribution >= 0.6 is 0 Å². The lowest BCUT2D eigenvalue weighted by atomic mass is 9.33. The largest absolute Gasteiger partial charge is 0.460 e. The summed E-state index contributed by atoms with van der Waals surface area (Å²) in [6.07, 6.45) is 12.2. The second-order valence-electron chi connectivity index (χ2n) is 16.2. The zero-order chi connectivity index (χ0) is 28.7. The van der Waals surface area contributed by atoms with Crippen LogP contribution in [0.3, 0.4) is 0 Å². The Balaban J connectivity index is 1.37. The molecule has 3 heteroatoms. The predicted molar refractivity (Wildman–Crippen MR) is 161 cm³/mol. The molecule has 6 rings (SSSR count). The molecule has 1 aromatic rings. The van der Waals surface area contributed by atoms with Crippen molar-refractivity contribution in [3.8, 4) is 0 Å². The van der Waals surface area contributed by atoms with E-state index in [4.69, 9.17) is 4.74 Å². The molecule has 0 bridgehead atoms. The molecule has 0 aliphatic heterocycles. The van der Waals surface area contributed by atoms with Crippen molar-refractivity contribution in [2.45, 2.75) is 119 Å². The number of aliphatic hydroxyl groups excluding tert-OH is 1. The number of benzene rings is 1. The van der Waals surface area contributed by atoms with E-state index >= 15 is 0 Å². The Morgan fingerprint density at radius 3 is 2.35 bits per heavy atom. The van der Waals surface area contributed by atoms with Crippen molar-refractivity contribution in [3.63, 3.8) is 0 Å². The third kappa shape index (κ3) is 3.74. The highest BCUT2D eigenvalue weighted by Crippen LogP contribution is 2.75. The maximum atomic E-state index is 14.2. The maximum Gasteiger partial charge on any atom is 0.313 e. The van der Waals surface area contributed by atoms with Gasteiger partial charge in [0.15, 0.2) is 0 Å². The van der Waals surface area contributed by atoms with Gasteiger partial charge in [0.2, 0.25) is 0 Å². The third-order valence-electron chi connectivity index (χ3n) is 14.6. The van der Waals surface area contributed by atoms with Gasteiger partial charge in [-0.3, -0.25) is 4.79 Å². The molecule has 0 aromatic heterocycles. The number of ether oxygens (including phenoxy) is 1. The quantitative estimate of drug-likeness (QED) is 0.304. The zero-order valence-electron chi connectivity index (χ0n) is 26.3. The topological polar surface area (TPSA) is 46.5 Å². The van der Waals surface area contributed by atoms with E-state index in [9.17, 15) is 9.90 Å². The zero-order valence-corrected chi connectivity index (χ0v) is 26.3. The lowest BCUT2D eigenvalue weighted by Crippen LogP contribution is -2.65. The first-order valence-electron chi connectivity index (χ1n) is 16.4. The molecule has 0 spiro atoms. The number of hydrogen-bond acceptors (Lipinski definition) is 3. The minimum absolute atomic E-state index is 0.0310. The number of fused-ring (bicyclic) bond motifs is 7. The van der Waals surface area contributed by atoms with E-state index in [0.29, 0.717) is 30.3 Å². The molecule has 10 atom stereocenters. The molecule has 1 aromatic carbocycles. The first-order valence-corrected chi connectivity index (χ1v) is 16.4. The lowest BCUT2D eigenvalue weighted by Gasteiger charge is -2.71. The van der Waals surface area contributed by atoms with Gasteiger partial charge in [-0.25, -0.2) is 0 Å². The molecule has 4 fully saturated rings. The van der Waals surface area contributed by atoms with Crippen LogP contribution in [0.2, 0.25) is 0 Å². The number of allylic oxidation sites excluding steroid dienone is 2. The summed E-state index contributed by atoms with van der Waals surface area (Å²) < 4.78 is 6.19. The van der Waals surface area contributed by atoms with Crippen LogP contribution in [-0.2, 0) is 16.1 Å². The predicted octanol–water partition coefficient (Wildman–Crippen LogP) is 8.75. The van der Waals surface area contributed by atoms with Crippen LogP contribution < -0.4 is 0 Å². The molecule has 10 unspecified atom stereocenters. The van der Waals surface area contributed by atoms with Gasteiger partial charge in [-0.1, -0.05) is 90.4 Å². The number of esters is 1. The smallest absolute Gasteiger partial charge is 0.313 e. The summed E-state index contributed by atoms with van der Waals surface area (Å²) in [6, 6.07) is 10.2. The molecular formula is C37H54O3. The van der Waals surface area contributed by atoms with E-state index in [-0.39, 0.29) is 39.7 Å². The molecule has 0 saturated heterocycles. The Bertz CT molecular complexity index is 1170. The van der Waals surface area contributed by atoms with E-state index in [1.807, 2.05) is 18.2 Å². The van der Waals surface area contributed by atoms with Crippen LogP contribution in [0.15, 0.2) is 42.0 Å². The van der Waals surface area contributed by atoms with Crippen LogP contribution in [0, 0.1) is 56.7 Å². The fourth-order valence-electron chi connectivity index (χ4n) is 11.7. The monoisotopic (exact) mass is 546 g/mol. The van der Waals surface area contributed by atoms with Crippen LogP contribution in [0.4, 0.5) is 0 Å². The number of aliphatic hydroxyl groups is 1. The van der Waals surface area contributed by atoms with Crippen molar-refractivity contribution in [1.82, 2.24) is 0 Å². The Kier molecular flexibility index (Phi) is 6.73. The first kappa shape index (κ1) is 28.5. The third-order valence-corrected chi connectivity index (χ3v) is 14.6. The van der Waals surface area contributed by atoms with Gasteiger partial charge in [-0.2, -0.15) is 0 Å². The average molecular weight is 547 g/mol. The van der Waals surface area contributed by atoms with Gasteiger partial charge in [0.05, 0.1) is 11.5 Å². The highest BCUT2D eigenvalue weighted by atomic mass is 16.5. The number of hydrogen-bond donors (Lipinski definition) is 1. The summed E-state index contributed by atoms with van der Waals surface area (Å²) in [5.41, 5.74) is 2.80. The van der Waals surface area contributed by atoms with Crippen molar-refractivity contribution < 1.29 is 14.6 Å². The van der Waals surface area contributed by atoms with E-state index in [0.717, 1.165) is 50.5 Å². The second kappa shape index (κ2) is 9.45. The van der Waals surface area contributed by atoms with Gasteiger partial charge in [0, 0.05) is 0 Å². The van der Waals surface area contributed by atoms with Crippen molar-refractivity contribution in [2.75, 3.05) is 0 Å². The van der Waals surface area contributed by atoms with Gasteiger partial charge < -0.3 is 9.84 Å². The summed E-state index contributed by atoms with van der Waals surface area (Å²) in [4.78, 5) is 14.2. The standard InChI is InChI=1S/C37H54O3/c1-24-15-20-37(32(39)40-23-26-11-9-8-10-12-26)22-21-35(6)27(31(37)25(24)2)13-14-29-34(5)18-17-30(38)33(3,4)28(34)16-19-36(29,35)7/h8-13,24-25,28-31,38H,14-23H2,1-7H3. The van der Waals surface area contributed by atoms with Crippen molar-refractivity contribution >= 4 is 5.97 Å². The molecule has 4 saturated carbocycles. The Morgan fingerprint density at radius 1 is 0.900 bits per heavy atom. The maximum absolute atomic E-state index is 14.2. The van der Waals surface area contributed by atoms with Gasteiger partial charge in [-0.05, 0) is 115 Å². The fraction of sp³-hybridized carbons (Fsp3) is 0.757. The highest BCUT2D eigenvalue weighted by molar-refractivity contribution is 5.79. The summed E-state index contributed by atoms with van der Waals surface area (Å²) in [6.45, 7) is 17.7. The minimum atomic E-state index is -0.396. The SMILES string of the molecule is CC1CCC2(C(=O)OCc3ccccc3)CCC3(C)C(=CCC4C5(C)CCC(O)C(C)(C)C5CCC43C)C2C1C. The number of carbonyl (C=O) groups is 1. The molecule has 5 aliphatic rings. The van der Waals surface area contributed by atoms with E-state index in [1.165, 1.54) is 12.8 Å². The second-order valence-corrected chi connectivity index (χ2v) is 16.2. The first-order chi connectivity index (χ1) is 18.8. The Hall–Kier alpha value is -1.61. The van der Waals surface area contributed by atoms with Gasteiger partial charge in [-0.15, -0.1) is 0 Å². The highest BCUT2D eigenvalue weighted by Gasteiger charge is 2.69. The van der Waals surface area contributed by atoms with Crippen molar-refractivity contribution in [3.05, 3.63) is 47.5 Å². The summed E-state index contributed by atoms with van der Waals surface area (Å²) in [5.74, 6) is 2.58. The average Bonchev–Trinajstić information content (AvgIpc) is 2.92. The molecule has 3 nitrogen and oxygen atoms in total. The molecule has 1 N–H and O–H groups in total.